The molecule has 2 aromatic rings. The summed E-state index contributed by atoms with van der Waals surface area (Å²) in [5.41, 5.74) is 0.929. The van der Waals surface area contributed by atoms with Gasteiger partial charge in [-0.2, -0.15) is 0 Å². The van der Waals surface area contributed by atoms with Crippen LogP contribution in [0.15, 0.2) is 36.9 Å². The number of hydrogen-bond donors (Lipinski definition) is 1. The van der Waals surface area contributed by atoms with Crippen LogP contribution < -0.4 is 10.1 Å². The van der Waals surface area contributed by atoms with Crippen molar-refractivity contribution in [2.24, 2.45) is 0 Å². The summed E-state index contributed by atoms with van der Waals surface area (Å²) in [4.78, 5) is 4.00. The molecule has 0 aliphatic rings. The fraction of sp³-hybridized carbons (Fsp3) is 0.400. The number of methoxy groups -OCH3 is 1. The summed E-state index contributed by atoms with van der Waals surface area (Å²) in [6.07, 6.45) is 7.76. The number of aromatic nitrogens is 2. The summed E-state index contributed by atoms with van der Waals surface area (Å²) in [5.74, 6) is -0.0269. The molecule has 0 aliphatic heterocycles. The van der Waals surface area contributed by atoms with Gasteiger partial charge in [-0.1, -0.05) is 6.07 Å². The average Bonchev–Trinajstić information content (AvgIpc) is 2.96. The van der Waals surface area contributed by atoms with Gasteiger partial charge in [0.2, 0.25) is 0 Å². The monoisotopic (exact) mass is 277 g/mol. The van der Waals surface area contributed by atoms with E-state index in [1.807, 2.05) is 18.6 Å². The summed E-state index contributed by atoms with van der Waals surface area (Å²) in [6, 6.07) is 5.04. The number of nitrogens with zero attached hydrogens (tertiary/aromatic N) is 2. The maximum absolute atomic E-state index is 13.5. The lowest BCUT2D eigenvalue weighted by molar-refractivity contribution is 0.386. The van der Waals surface area contributed by atoms with Crippen molar-refractivity contribution in [3.63, 3.8) is 0 Å². The van der Waals surface area contributed by atoms with Crippen LogP contribution in [0.1, 0.15) is 18.4 Å². The molecule has 1 aromatic heterocycles. The molecule has 1 heterocycles. The molecule has 0 radical (unpaired) electrons. The van der Waals surface area contributed by atoms with Crippen LogP contribution in [-0.4, -0.2) is 23.2 Å². The Morgan fingerprint density at radius 3 is 2.95 bits per heavy atom. The Morgan fingerprint density at radius 1 is 1.35 bits per heavy atom. The number of hydrogen-bond acceptors (Lipinski definition) is 3. The molecule has 1 N–H and O–H groups in total. The van der Waals surface area contributed by atoms with Gasteiger partial charge in [-0.15, -0.1) is 0 Å². The number of halogens is 1. The van der Waals surface area contributed by atoms with E-state index in [0.717, 1.165) is 31.5 Å². The minimum atomic E-state index is -0.313. The lowest BCUT2D eigenvalue weighted by Crippen LogP contribution is -2.15. The van der Waals surface area contributed by atoms with Gasteiger partial charge >= 0.3 is 0 Å². The first kappa shape index (κ1) is 14.5. The minimum Gasteiger partial charge on any atom is -0.494 e. The van der Waals surface area contributed by atoms with Crippen molar-refractivity contribution < 1.29 is 9.13 Å². The number of benzene rings is 1. The third-order valence-electron chi connectivity index (χ3n) is 3.12. The summed E-state index contributed by atoms with van der Waals surface area (Å²) in [7, 11) is 1.47. The molecule has 108 valence electrons. The van der Waals surface area contributed by atoms with Crippen LogP contribution in [0.5, 0.6) is 5.75 Å². The molecule has 0 amide bonds. The van der Waals surface area contributed by atoms with Gasteiger partial charge in [-0.3, -0.25) is 0 Å². The van der Waals surface area contributed by atoms with Crippen LogP contribution in [0.25, 0.3) is 0 Å². The largest absolute Gasteiger partial charge is 0.494 e. The highest BCUT2D eigenvalue weighted by molar-refractivity contribution is 5.29. The second-order valence-electron chi connectivity index (χ2n) is 4.65. The molecule has 0 saturated carbocycles. The number of aryl methyl sites for hydroxylation is 1. The normalized spacial score (nSPS) is 10.7. The van der Waals surface area contributed by atoms with E-state index in [1.54, 1.807) is 12.3 Å². The molecule has 0 saturated heterocycles. The summed E-state index contributed by atoms with van der Waals surface area (Å²) < 4.78 is 20.4. The zero-order valence-electron chi connectivity index (χ0n) is 11.7. The Morgan fingerprint density at radius 2 is 2.25 bits per heavy atom. The molecule has 0 bridgehead atoms. The maximum atomic E-state index is 13.5. The Balaban J connectivity index is 1.62. The fourth-order valence-electron chi connectivity index (χ4n) is 2.02. The predicted octanol–water partition coefficient (Wildman–Crippen LogP) is 2.60. The SMILES string of the molecule is COc1ccc(CNCCCCn2ccnc2)cc1F. The van der Waals surface area contributed by atoms with Crippen molar-refractivity contribution in [2.45, 2.75) is 25.9 Å². The van der Waals surface area contributed by atoms with Gasteiger partial charge in [-0.05, 0) is 37.1 Å². The van der Waals surface area contributed by atoms with Gasteiger partial charge in [0.15, 0.2) is 11.6 Å². The summed E-state index contributed by atoms with van der Waals surface area (Å²) >= 11 is 0. The van der Waals surface area contributed by atoms with Crippen LogP contribution in [0.3, 0.4) is 0 Å². The van der Waals surface area contributed by atoms with E-state index in [4.69, 9.17) is 4.74 Å². The third kappa shape index (κ3) is 4.35. The first-order chi connectivity index (χ1) is 9.79. The number of unbranched alkanes of at least 4 members (excludes halogenated alkanes) is 1. The number of ether oxygens (including phenoxy) is 1. The molecule has 0 fully saturated rings. The van der Waals surface area contributed by atoms with E-state index in [9.17, 15) is 4.39 Å². The number of rotatable bonds is 8. The van der Waals surface area contributed by atoms with E-state index >= 15 is 0 Å². The molecule has 2 rings (SSSR count). The zero-order chi connectivity index (χ0) is 14.2. The van der Waals surface area contributed by atoms with Crippen molar-refractivity contribution in [3.05, 3.63) is 48.3 Å². The topological polar surface area (TPSA) is 39.1 Å². The molecule has 20 heavy (non-hydrogen) atoms. The van der Waals surface area contributed by atoms with Gasteiger partial charge in [0.25, 0.3) is 0 Å². The van der Waals surface area contributed by atoms with Gasteiger partial charge in [-0.25, -0.2) is 9.37 Å². The van der Waals surface area contributed by atoms with Gasteiger partial charge in [0.1, 0.15) is 0 Å². The van der Waals surface area contributed by atoms with Crippen LogP contribution in [0.4, 0.5) is 4.39 Å². The third-order valence-corrected chi connectivity index (χ3v) is 3.12. The lowest BCUT2D eigenvalue weighted by atomic mass is 10.2. The fourth-order valence-corrected chi connectivity index (χ4v) is 2.02. The lowest BCUT2D eigenvalue weighted by Gasteiger charge is -2.07. The van der Waals surface area contributed by atoms with Crippen LogP contribution in [-0.2, 0) is 13.1 Å². The Labute approximate surface area is 118 Å². The Hall–Kier alpha value is -1.88. The predicted molar refractivity (Wildman–Crippen MR) is 76.1 cm³/mol. The van der Waals surface area contributed by atoms with Gasteiger partial charge in [0.05, 0.1) is 13.4 Å². The van der Waals surface area contributed by atoms with E-state index < -0.39 is 0 Å². The second kappa shape index (κ2) is 7.65. The van der Waals surface area contributed by atoms with Gasteiger partial charge in [0, 0.05) is 25.5 Å². The molecule has 4 nitrogen and oxygen atoms in total. The smallest absolute Gasteiger partial charge is 0.165 e. The van der Waals surface area contributed by atoms with Crippen LogP contribution in [0.2, 0.25) is 0 Å². The van der Waals surface area contributed by atoms with E-state index in [0.29, 0.717) is 6.54 Å². The molecule has 5 heteroatoms. The van der Waals surface area contributed by atoms with Gasteiger partial charge < -0.3 is 14.6 Å². The molecule has 0 spiro atoms. The molecular weight excluding hydrogens is 257 g/mol. The Bertz CT molecular complexity index is 514. The first-order valence-electron chi connectivity index (χ1n) is 6.78. The van der Waals surface area contributed by atoms with Crippen molar-refractivity contribution in [1.82, 2.24) is 14.9 Å². The standard InChI is InChI=1S/C15H20FN3O/c1-20-15-5-4-13(10-14(15)16)11-17-6-2-3-8-19-9-7-18-12-19/h4-5,7,9-10,12,17H,2-3,6,8,11H2,1H3. The van der Waals surface area contributed by atoms with E-state index in [2.05, 4.69) is 14.9 Å². The molecular formula is C15H20FN3O. The van der Waals surface area contributed by atoms with Crippen LogP contribution >= 0.6 is 0 Å². The highest BCUT2D eigenvalue weighted by Crippen LogP contribution is 2.17. The molecule has 0 atom stereocenters. The van der Waals surface area contributed by atoms with Crippen molar-refractivity contribution in [1.29, 1.82) is 0 Å². The zero-order valence-corrected chi connectivity index (χ0v) is 11.7. The molecule has 1 aromatic carbocycles. The highest BCUT2D eigenvalue weighted by atomic mass is 19.1. The van der Waals surface area contributed by atoms with Crippen LogP contribution in [0, 0.1) is 5.82 Å². The highest BCUT2D eigenvalue weighted by Gasteiger charge is 2.02. The second-order valence-corrected chi connectivity index (χ2v) is 4.65. The minimum absolute atomic E-state index is 0.286. The Kier molecular flexibility index (Phi) is 5.55. The maximum Gasteiger partial charge on any atom is 0.165 e. The number of nitrogens with one attached hydrogen (secondary N) is 1. The first-order valence-corrected chi connectivity index (χ1v) is 6.78. The molecule has 0 aliphatic carbocycles. The number of imidazole rings is 1. The summed E-state index contributed by atoms with van der Waals surface area (Å²) in [6.45, 7) is 2.58. The quantitative estimate of drug-likeness (QED) is 0.754. The van der Waals surface area contributed by atoms with Crippen molar-refractivity contribution >= 4 is 0 Å². The van der Waals surface area contributed by atoms with Crippen molar-refractivity contribution in [3.8, 4) is 5.75 Å². The average molecular weight is 277 g/mol. The molecule has 0 unspecified atom stereocenters. The van der Waals surface area contributed by atoms with E-state index in [1.165, 1.54) is 13.2 Å². The van der Waals surface area contributed by atoms with Crippen molar-refractivity contribution in [2.75, 3.05) is 13.7 Å². The summed E-state index contributed by atoms with van der Waals surface area (Å²) in [5, 5.41) is 3.31. The van der Waals surface area contributed by atoms with E-state index in [-0.39, 0.29) is 11.6 Å².